The Morgan fingerprint density at radius 2 is 2.22 bits per heavy atom. The van der Waals surface area contributed by atoms with Crippen molar-refractivity contribution in [2.24, 2.45) is 0 Å². The lowest BCUT2D eigenvalue weighted by Crippen LogP contribution is -1.99. The van der Waals surface area contributed by atoms with E-state index in [0.717, 1.165) is 6.20 Å². The van der Waals surface area contributed by atoms with Crippen LogP contribution in [-0.4, -0.2) is 30.5 Å². The molecule has 2 aromatic heterocycles. The molecule has 0 bridgehead atoms. The van der Waals surface area contributed by atoms with E-state index in [4.69, 9.17) is 5.11 Å². The minimum absolute atomic E-state index is 0.0858. The first kappa shape index (κ1) is 11.7. The molecule has 2 rings (SSSR count). The SMILES string of the molecule is Cc1cc(-n2cnc(C(=O)O)c2)ncc1[N+](=O)[O-]. The lowest BCUT2D eigenvalue weighted by molar-refractivity contribution is -0.385. The fourth-order valence-electron chi connectivity index (χ4n) is 1.42. The molecular formula is C10H8N4O4. The molecule has 0 aliphatic carbocycles. The third kappa shape index (κ3) is 2.03. The van der Waals surface area contributed by atoms with Crippen molar-refractivity contribution in [1.29, 1.82) is 0 Å². The summed E-state index contributed by atoms with van der Waals surface area (Å²) in [4.78, 5) is 28.3. The van der Waals surface area contributed by atoms with Crippen LogP contribution in [-0.2, 0) is 0 Å². The van der Waals surface area contributed by atoms with Gasteiger partial charge >= 0.3 is 5.97 Å². The first-order valence-electron chi connectivity index (χ1n) is 4.87. The van der Waals surface area contributed by atoms with Gasteiger partial charge in [0.25, 0.3) is 5.69 Å². The molecule has 0 aromatic carbocycles. The average molecular weight is 248 g/mol. The van der Waals surface area contributed by atoms with Gasteiger partial charge < -0.3 is 5.11 Å². The lowest BCUT2D eigenvalue weighted by Gasteiger charge is -2.02. The van der Waals surface area contributed by atoms with Crippen molar-refractivity contribution < 1.29 is 14.8 Å². The standard InChI is InChI=1S/C10H8N4O4/c1-6-2-9(11-3-8(6)14(17)18)13-4-7(10(15)16)12-5-13/h2-5H,1H3,(H,15,16). The predicted molar refractivity (Wildman–Crippen MR) is 59.7 cm³/mol. The zero-order valence-electron chi connectivity index (χ0n) is 9.27. The summed E-state index contributed by atoms with van der Waals surface area (Å²) in [5.74, 6) is -0.773. The van der Waals surface area contributed by atoms with Gasteiger partial charge in [0, 0.05) is 11.8 Å². The zero-order chi connectivity index (χ0) is 13.3. The Kier molecular flexibility index (Phi) is 2.76. The Bertz CT molecular complexity index is 635. The predicted octanol–water partition coefficient (Wildman–Crippen LogP) is 1.18. The number of carboxylic acids is 1. The van der Waals surface area contributed by atoms with E-state index in [-0.39, 0.29) is 11.4 Å². The second-order valence-electron chi connectivity index (χ2n) is 3.56. The van der Waals surface area contributed by atoms with Gasteiger partial charge in [-0.1, -0.05) is 0 Å². The summed E-state index contributed by atoms with van der Waals surface area (Å²) in [5.41, 5.74) is 0.237. The van der Waals surface area contributed by atoms with Crippen LogP contribution in [0.25, 0.3) is 5.82 Å². The van der Waals surface area contributed by atoms with Crippen molar-refractivity contribution >= 4 is 11.7 Å². The van der Waals surface area contributed by atoms with Gasteiger partial charge in [-0.05, 0) is 13.0 Å². The second-order valence-corrected chi connectivity index (χ2v) is 3.56. The van der Waals surface area contributed by atoms with Gasteiger partial charge in [0.15, 0.2) is 5.69 Å². The summed E-state index contributed by atoms with van der Waals surface area (Å²) in [6.07, 6.45) is 3.71. The lowest BCUT2D eigenvalue weighted by atomic mass is 10.2. The summed E-state index contributed by atoms with van der Waals surface area (Å²) in [6.45, 7) is 1.58. The number of imidazole rings is 1. The highest BCUT2D eigenvalue weighted by Crippen LogP contribution is 2.18. The van der Waals surface area contributed by atoms with Crippen molar-refractivity contribution in [1.82, 2.24) is 14.5 Å². The maximum atomic E-state index is 10.7. The quantitative estimate of drug-likeness (QED) is 0.644. The largest absolute Gasteiger partial charge is 0.476 e. The molecule has 92 valence electrons. The molecule has 0 saturated heterocycles. The highest BCUT2D eigenvalue weighted by Gasteiger charge is 2.13. The Labute approximate surface area is 101 Å². The van der Waals surface area contributed by atoms with Gasteiger partial charge in [-0.15, -0.1) is 0 Å². The number of nitrogens with zero attached hydrogens (tertiary/aromatic N) is 4. The van der Waals surface area contributed by atoms with Crippen LogP contribution < -0.4 is 0 Å². The van der Waals surface area contributed by atoms with E-state index in [1.165, 1.54) is 23.2 Å². The number of nitro groups is 1. The minimum Gasteiger partial charge on any atom is -0.476 e. The first-order valence-corrected chi connectivity index (χ1v) is 4.87. The smallest absolute Gasteiger partial charge is 0.356 e. The molecule has 0 fully saturated rings. The third-order valence-electron chi connectivity index (χ3n) is 2.33. The number of aryl methyl sites for hydroxylation is 1. The topological polar surface area (TPSA) is 111 Å². The van der Waals surface area contributed by atoms with E-state index in [0.29, 0.717) is 11.4 Å². The second kappa shape index (κ2) is 4.24. The molecule has 0 amide bonds. The number of rotatable bonds is 3. The van der Waals surface area contributed by atoms with Gasteiger partial charge in [-0.3, -0.25) is 14.7 Å². The van der Waals surface area contributed by atoms with E-state index in [2.05, 4.69) is 9.97 Å². The molecule has 0 atom stereocenters. The minimum atomic E-state index is -1.15. The molecule has 18 heavy (non-hydrogen) atoms. The van der Waals surface area contributed by atoms with Crippen molar-refractivity contribution in [3.05, 3.63) is 46.2 Å². The molecule has 1 N–H and O–H groups in total. The number of aromatic carboxylic acids is 1. The van der Waals surface area contributed by atoms with Crippen LogP contribution in [0.4, 0.5) is 5.69 Å². The fourth-order valence-corrected chi connectivity index (χ4v) is 1.42. The van der Waals surface area contributed by atoms with E-state index < -0.39 is 10.9 Å². The first-order chi connectivity index (χ1) is 8.49. The van der Waals surface area contributed by atoms with Crippen molar-refractivity contribution in [3.8, 4) is 5.82 Å². The van der Waals surface area contributed by atoms with Crippen LogP contribution in [0.5, 0.6) is 0 Å². The summed E-state index contributed by atoms with van der Waals surface area (Å²) in [5, 5.41) is 19.4. The monoisotopic (exact) mass is 248 g/mol. The summed E-state index contributed by atoms with van der Waals surface area (Å²) >= 11 is 0. The summed E-state index contributed by atoms with van der Waals surface area (Å²) in [7, 11) is 0. The molecule has 0 aliphatic heterocycles. The molecule has 8 heteroatoms. The van der Waals surface area contributed by atoms with Crippen LogP contribution in [0.3, 0.4) is 0 Å². The Morgan fingerprint density at radius 3 is 2.72 bits per heavy atom. The maximum Gasteiger partial charge on any atom is 0.356 e. The summed E-state index contributed by atoms with van der Waals surface area (Å²) < 4.78 is 1.39. The van der Waals surface area contributed by atoms with Crippen molar-refractivity contribution in [3.63, 3.8) is 0 Å². The zero-order valence-corrected chi connectivity index (χ0v) is 9.27. The summed E-state index contributed by atoms with van der Waals surface area (Å²) in [6, 6.07) is 1.49. The van der Waals surface area contributed by atoms with E-state index in [1.807, 2.05) is 0 Å². The molecule has 0 radical (unpaired) electrons. The number of hydrogen-bond acceptors (Lipinski definition) is 5. The van der Waals surface area contributed by atoms with Crippen LogP contribution in [0.15, 0.2) is 24.8 Å². The highest BCUT2D eigenvalue weighted by molar-refractivity contribution is 5.85. The van der Waals surface area contributed by atoms with Gasteiger partial charge in [0.1, 0.15) is 18.3 Å². The van der Waals surface area contributed by atoms with Gasteiger partial charge in [0.2, 0.25) is 0 Å². The van der Waals surface area contributed by atoms with E-state index >= 15 is 0 Å². The van der Waals surface area contributed by atoms with Crippen molar-refractivity contribution in [2.45, 2.75) is 6.92 Å². The molecule has 0 saturated carbocycles. The average Bonchev–Trinajstić information content (AvgIpc) is 2.77. The fraction of sp³-hybridized carbons (Fsp3) is 0.100. The number of hydrogen-bond donors (Lipinski definition) is 1. The third-order valence-corrected chi connectivity index (χ3v) is 2.33. The number of carboxylic acid groups (broad SMARTS) is 1. The molecule has 2 heterocycles. The van der Waals surface area contributed by atoms with Crippen LogP contribution in [0.1, 0.15) is 16.1 Å². The molecule has 0 unspecified atom stereocenters. The van der Waals surface area contributed by atoms with E-state index in [9.17, 15) is 14.9 Å². The van der Waals surface area contributed by atoms with E-state index in [1.54, 1.807) is 6.92 Å². The highest BCUT2D eigenvalue weighted by atomic mass is 16.6. The van der Waals surface area contributed by atoms with Crippen molar-refractivity contribution in [2.75, 3.05) is 0 Å². The number of aromatic nitrogens is 3. The molecule has 0 aliphatic rings. The van der Waals surface area contributed by atoms with Crippen LogP contribution in [0, 0.1) is 17.0 Å². The number of pyridine rings is 1. The Morgan fingerprint density at radius 1 is 1.50 bits per heavy atom. The van der Waals surface area contributed by atoms with Crippen LogP contribution in [0.2, 0.25) is 0 Å². The number of carbonyl (C=O) groups is 1. The normalized spacial score (nSPS) is 10.3. The molecule has 8 nitrogen and oxygen atoms in total. The molecular weight excluding hydrogens is 240 g/mol. The Hall–Kier alpha value is -2.77. The molecule has 0 spiro atoms. The van der Waals surface area contributed by atoms with Gasteiger partial charge in [0.05, 0.1) is 4.92 Å². The van der Waals surface area contributed by atoms with Crippen LogP contribution >= 0.6 is 0 Å². The van der Waals surface area contributed by atoms with Gasteiger partial charge in [-0.25, -0.2) is 14.8 Å². The molecule has 2 aromatic rings. The Balaban J connectivity index is 2.42. The van der Waals surface area contributed by atoms with Gasteiger partial charge in [-0.2, -0.15) is 0 Å². The maximum absolute atomic E-state index is 10.7.